The number of hydrogen-bond acceptors (Lipinski definition) is 4. The Balaban J connectivity index is 2.09. The van der Waals surface area contributed by atoms with Crippen LogP contribution in [-0.2, 0) is 21.2 Å². The van der Waals surface area contributed by atoms with E-state index in [-0.39, 0.29) is 11.3 Å². The summed E-state index contributed by atoms with van der Waals surface area (Å²) in [5, 5.41) is 3.66. The van der Waals surface area contributed by atoms with Crippen LogP contribution in [-0.4, -0.2) is 14.3 Å². The van der Waals surface area contributed by atoms with Gasteiger partial charge in [0.2, 0.25) is 5.91 Å². The minimum absolute atomic E-state index is 0.0641. The molecule has 100 valence electrons. The van der Waals surface area contributed by atoms with Crippen LogP contribution in [0.5, 0.6) is 0 Å². The molecule has 2 rings (SSSR count). The highest BCUT2D eigenvalue weighted by atomic mass is 32.2. The Morgan fingerprint density at radius 1 is 1.21 bits per heavy atom. The van der Waals surface area contributed by atoms with Gasteiger partial charge in [-0.15, -0.1) is 0 Å². The van der Waals surface area contributed by atoms with Gasteiger partial charge in [0.25, 0.3) is 10.0 Å². The van der Waals surface area contributed by atoms with Gasteiger partial charge < -0.3 is 0 Å². The zero-order chi connectivity index (χ0) is 13.9. The lowest BCUT2D eigenvalue weighted by Gasteiger charge is -2.06. The van der Waals surface area contributed by atoms with Crippen LogP contribution < -0.4 is 4.72 Å². The van der Waals surface area contributed by atoms with Gasteiger partial charge in [-0.3, -0.25) is 4.79 Å². The van der Waals surface area contributed by atoms with Crippen LogP contribution in [0.2, 0.25) is 0 Å². The van der Waals surface area contributed by atoms with Crippen LogP contribution in [0.25, 0.3) is 0 Å². The highest BCUT2D eigenvalue weighted by Gasteiger charge is 2.17. The fourth-order valence-electron chi connectivity index (χ4n) is 1.54. The molecule has 1 heterocycles. The first-order valence-electron chi connectivity index (χ1n) is 5.61. The number of aryl methyl sites for hydroxylation is 1. The van der Waals surface area contributed by atoms with Crippen molar-refractivity contribution in [2.24, 2.45) is 0 Å². The maximum absolute atomic E-state index is 12.0. The molecule has 0 saturated carbocycles. The Kier molecular flexibility index (Phi) is 4.01. The summed E-state index contributed by atoms with van der Waals surface area (Å²) >= 11 is 1.47. The number of nitrogens with one attached hydrogen (secondary N) is 1. The van der Waals surface area contributed by atoms with Crippen LogP contribution >= 0.6 is 11.3 Å². The second-order valence-electron chi connectivity index (χ2n) is 4.15. The third-order valence-electron chi connectivity index (χ3n) is 2.52. The fourth-order valence-corrected chi connectivity index (χ4v) is 3.19. The van der Waals surface area contributed by atoms with Gasteiger partial charge in [-0.25, -0.2) is 13.1 Å². The monoisotopic (exact) mass is 295 g/mol. The van der Waals surface area contributed by atoms with Crippen molar-refractivity contribution < 1.29 is 13.2 Å². The van der Waals surface area contributed by atoms with Crippen molar-refractivity contribution in [3.05, 3.63) is 52.2 Å². The third kappa shape index (κ3) is 3.65. The van der Waals surface area contributed by atoms with Crippen molar-refractivity contribution in [2.75, 3.05) is 0 Å². The number of thiophene rings is 1. The predicted molar refractivity (Wildman–Crippen MR) is 74.5 cm³/mol. The molecule has 1 amide bonds. The first-order valence-corrected chi connectivity index (χ1v) is 8.03. The molecule has 1 aromatic heterocycles. The summed E-state index contributed by atoms with van der Waals surface area (Å²) in [7, 11) is -3.78. The van der Waals surface area contributed by atoms with Gasteiger partial charge in [0.05, 0.1) is 11.3 Å². The predicted octanol–water partition coefficient (Wildman–Crippen LogP) is 2.10. The van der Waals surface area contributed by atoms with Gasteiger partial charge in [0.1, 0.15) is 0 Å². The van der Waals surface area contributed by atoms with E-state index in [0.29, 0.717) is 0 Å². The molecule has 0 fully saturated rings. The maximum atomic E-state index is 12.0. The number of carbonyl (C=O) groups is 1. The minimum Gasteiger partial charge on any atom is -0.274 e. The van der Waals surface area contributed by atoms with E-state index in [9.17, 15) is 13.2 Å². The molecule has 1 aromatic carbocycles. The number of amides is 1. The molecule has 0 radical (unpaired) electrons. The van der Waals surface area contributed by atoms with Gasteiger partial charge in [-0.2, -0.15) is 11.3 Å². The molecular formula is C13H13NO3S2. The second-order valence-corrected chi connectivity index (χ2v) is 6.61. The van der Waals surface area contributed by atoms with E-state index in [4.69, 9.17) is 0 Å². The molecule has 0 aliphatic rings. The van der Waals surface area contributed by atoms with Crippen LogP contribution in [0.1, 0.15) is 11.1 Å². The summed E-state index contributed by atoms with van der Waals surface area (Å²) in [6.07, 6.45) is 0.0641. The van der Waals surface area contributed by atoms with Crippen LogP contribution in [0.4, 0.5) is 0 Å². The Hall–Kier alpha value is -1.66. The lowest BCUT2D eigenvalue weighted by atomic mass is 10.2. The quantitative estimate of drug-likeness (QED) is 0.939. The maximum Gasteiger partial charge on any atom is 0.264 e. The zero-order valence-electron chi connectivity index (χ0n) is 10.3. The molecule has 19 heavy (non-hydrogen) atoms. The second kappa shape index (κ2) is 5.54. The largest absolute Gasteiger partial charge is 0.274 e. The van der Waals surface area contributed by atoms with E-state index in [1.54, 1.807) is 18.2 Å². The average molecular weight is 295 g/mol. The summed E-state index contributed by atoms with van der Waals surface area (Å²) in [5.74, 6) is -0.529. The fraction of sp³-hybridized carbons (Fsp3) is 0.154. The van der Waals surface area contributed by atoms with Gasteiger partial charge in [0, 0.05) is 0 Å². The summed E-state index contributed by atoms with van der Waals surface area (Å²) in [5.41, 5.74) is 1.77. The molecule has 0 saturated heterocycles. The van der Waals surface area contributed by atoms with Crippen molar-refractivity contribution in [1.29, 1.82) is 0 Å². The van der Waals surface area contributed by atoms with E-state index in [2.05, 4.69) is 4.72 Å². The van der Waals surface area contributed by atoms with E-state index < -0.39 is 15.9 Å². The topological polar surface area (TPSA) is 63.2 Å². The van der Waals surface area contributed by atoms with Crippen molar-refractivity contribution >= 4 is 27.3 Å². The van der Waals surface area contributed by atoms with E-state index in [1.807, 2.05) is 17.7 Å². The summed E-state index contributed by atoms with van der Waals surface area (Å²) in [6, 6.07) is 8.14. The van der Waals surface area contributed by atoms with Crippen LogP contribution in [0, 0.1) is 6.92 Å². The van der Waals surface area contributed by atoms with Gasteiger partial charge in [-0.1, -0.05) is 17.7 Å². The molecule has 0 aliphatic carbocycles. The summed E-state index contributed by atoms with van der Waals surface area (Å²) < 4.78 is 26.0. The zero-order valence-corrected chi connectivity index (χ0v) is 11.9. The Bertz CT molecular complexity index is 658. The number of sulfonamides is 1. The standard InChI is InChI=1S/C13H13NO3S2/c1-10-2-4-12(5-3-10)19(16,17)14-13(15)8-11-6-7-18-9-11/h2-7,9H,8H2,1H3,(H,14,15). The van der Waals surface area contributed by atoms with E-state index >= 15 is 0 Å². The minimum atomic E-state index is -3.78. The van der Waals surface area contributed by atoms with Crippen molar-refractivity contribution in [1.82, 2.24) is 4.72 Å². The van der Waals surface area contributed by atoms with E-state index in [0.717, 1.165) is 11.1 Å². The number of rotatable bonds is 4. The smallest absolute Gasteiger partial charge is 0.264 e. The van der Waals surface area contributed by atoms with Crippen molar-refractivity contribution in [3.8, 4) is 0 Å². The Labute approximate surface area is 116 Å². The number of carbonyl (C=O) groups excluding carboxylic acids is 1. The summed E-state index contributed by atoms with van der Waals surface area (Å²) in [6.45, 7) is 1.87. The summed E-state index contributed by atoms with van der Waals surface area (Å²) in [4.78, 5) is 11.8. The molecule has 6 heteroatoms. The van der Waals surface area contributed by atoms with Gasteiger partial charge >= 0.3 is 0 Å². The van der Waals surface area contributed by atoms with Crippen molar-refractivity contribution in [3.63, 3.8) is 0 Å². The molecule has 0 atom stereocenters. The molecule has 4 nitrogen and oxygen atoms in total. The molecule has 0 bridgehead atoms. The third-order valence-corrected chi connectivity index (χ3v) is 4.65. The molecule has 1 N–H and O–H groups in total. The normalized spacial score (nSPS) is 11.2. The van der Waals surface area contributed by atoms with Crippen LogP contribution in [0.15, 0.2) is 46.0 Å². The Morgan fingerprint density at radius 3 is 2.47 bits per heavy atom. The van der Waals surface area contributed by atoms with Gasteiger partial charge in [0.15, 0.2) is 0 Å². The molecule has 0 aliphatic heterocycles. The lowest BCUT2D eigenvalue weighted by Crippen LogP contribution is -2.31. The average Bonchev–Trinajstić information content (AvgIpc) is 2.81. The SMILES string of the molecule is Cc1ccc(S(=O)(=O)NC(=O)Cc2ccsc2)cc1. The molecule has 0 spiro atoms. The van der Waals surface area contributed by atoms with Crippen LogP contribution in [0.3, 0.4) is 0 Å². The highest BCUT2D eigenvalue weighted by Crippen LogP contribution is 2.11. The number of hydrogen-bond donors (Lipinski definition) is 1. The molecule has 2 aromatic rings. The Morgan fingerprint density at radius 2 is 1.89 bits per heavy atom. The van der Waals surface area contributed by atoms with Crippen molar-refractivity contribution in [2.45, 2.75) is 18.2 Å². The molecule has 0 unspecified atom stereocenters. The van der Waals surface area contributed by atoms with Gasteiger partial charge in [-0.05, 0) is 41.4 Å². The molecular weight excluding hydrogens is 282 g/mol. The lowest BCUT2D eigenvalue weighted by molar-refractivity contribution is -0.118. The highest BCUT2D eigenvalue weighted by molar-refractivity contribution is 7.90. The number of benzene rings is 1. The first kappa shape index (κ1) is 13.8. The van der Waals surface area contributed by atoms with E-state index in [1.165, 1.54) is 23.5 Å². The first-order chi connectivity index (χ1) is 8.97.